The van der Waals surface area contributed by atoms with Gasteiger partial charge in [-0.1, -0.05) is 72.8 Å². The summed E-state index contributed by atoms with van der Waals surface area (Å²) in [7, 11) is 0. The Bertz CT molecular complexity index is 1360. The quantitative estimate of drug-likeness (QED) is 0.373. The number of amides is 3. The zero-order valence-electron chi connectivity index (χ0n) is 25.4. The van der Waals surface area contributed by atoms with E-state index in [2.05, 4.69) is 13.2 Å². The monoisotopic (exact) mass is 601 g/mol. The van der Waals surface area contributed by atoms with Gasteiger partial charge >= 0.3 is 0 Å². The molecular weight excluding hydrogens is 558 g/mol. The van der Waals surface area contributed by atoms with Crippen LogP contribution in [-0.2, 0) is 20.9 Å². The van der Waals surface area contributed by atoms with E-state index in [4.69, 9.17) is 0 Å². The molecule has 1 N–H and O–H groups in total. The van der Waals surface area contributed by atoms with Crippen LogP contribution in [0.25, 0.3) is 0 Å². The summed E-state index contributed by atoms with van der Waals surface area (Å²) in [6, 6.07) is 17.7. The van der Waals surface area contributed by atoms with E-state index < -0.39 is 34.2 Å². The van der Waals surface area contributed by atoms with Crippen molar-refractivity contribution in [2.75, 3.05) is 19.7 Å². The summed E-state index contributed by atoms with van der Waals surface area (Å²) in [5.41, 5.74) is 1.24. The summed E-state index contributed by atoms with van der Waals surface area (Å²) in [4.78, 5) is 49.2. The lowest BCUT2D eigenvalue weighted by atomic mass is 9.70. The number of carbonyl (C=O) groups is 3. The van der Waals surface area contributed by atoms with Crippen molar-refractivity contribution in [2.24, 2.45) is 11.8 Å². The van der Waals surface area contributed by atoms with E-state index in [0.717, 1.165) is 17.5 Å². The van der Waals surface area contributed by atoms with Gasteiger partial charge in [0.1, 0.15) is 6.04 Å². The van der Waals surface area contributed by atoms with Crippen LogP contribution in [0.5, 0.6) is 0 Å². The number of hydrogen-bond acceptors (Lipinski definition) is 5. The Kier molecular flexibility index (Phi) is 8.91. The number of rotatable bonds is 11. The van der Waals surface area contributed by atoms with Gasteiger partial charge in [-0.2, -0.15) is 0 Å². The number of aliphatic hydroxyl groups is 1. The van der Waals surface area contributed by atoms with Gasteiger partial charge in [-0.15, -0.1) is 24.9 Å². The normalized spacial score (nSPS) is 26.6. The highest BCUT2D eigenvalue weighted by Gasteiger charge is 2.75. The van der Waals surface area contributed by atoms with Crippen LogP contribution in [0.15, 0.2) is 86.0 Å². The molecule has 8 heteroatoms. The zero-order valence-corrected chi connectivity index (χ0v) is 26.2. The summed E-state index contributed by atoms with van der Waals surface area (Å²) in [6.45, 7) is 14.5. The molecule has 3 heterocycles. The maximum atomic E-state index is 14.8. The van der Waals surface area contributed by atoms with Crippen LogP contribution in [0.2, 0.25) is 0 Å². The van der Waals surface area contributed by atoms with Crippen LogP contribution >= 0.6 is 11.8 Å². The fourth-order valence-electron chi connectivity index (χ4n) is 7.39. The van der Waals surface area contributed by atoms with E-state index in [1.165, 1.54) is 0 Å². The zero-order chi connectivity index (χ0) is 30.9. The molecule has 0 aliphatic carbocycles. The highest BCUT2D eigenvalue weighted by atomic mass is 32.2. The van der Waals surface area contributed by atoms with Crippen LogP contribution in [0, 0.1) is 11.8 Å². The fraction of sp³-hybridized carbons (Fsp3) is 0.457. The van der Waals surface area contributed by atoms with E-state index in [1.54, 1.807) is 38.6 Å². The maximum Gasteiger partial charge on any atom is 0.247 e. The second-order valence-corrected chi connectivity index (χ2v) is 14.4. The molecule has 3 aliphatic rings. The Hall–Kier alpha value is -3.36. The number of likely N-dealkylation sites (tertiary alicyclic amines) is 1. The summed E-state index contributed by atoms with van der Waals surface area (Å²) < 4.78 is -0.765. The minimum Gasteiger partial charge on any atom is -0.394 e. The van der Waals surface area contributed by atoms with Gasteiger partial charge in [0.05, 0.1) is 29.2 Å². The third-order valence-corrected chi connectivity index (χ3v) is 11.2. The van der Waals surface area contributed by atoms with Crippen LogP contribution in [0.3, 0.4) is 0 Å². The first-order valence-corrected chi connectivity index (χ1v) is 16.0. The molecule has 0 aromatic heterocycles. The number of benzene rings is 2. The van der Waals surface area contributed by atoms with E-state index in [1.807, 2.05) is 81.4 Å². The average molecular weight is 602 g/mol. The smallest absolute Gasteiger partial charge is 0.247 e. The summed E-state index contributed by atoms with van der Waals surface area (Å²) >= 11 is 1.65. The minimum atomic E-state index is -0.823. The number of carbonyl (C=O) groups excluding carboxylic acids is 3. The van der Waals surface area contributed by atoms with E-state index >= 15 is 0 Å². The summed E-state index contributed by atoms with van der Waals surface area (Å²) in [5, 5.41) is 10.7. The van der Waals surface area contributed by atoms with Gasteiger partial charge in [0.25, 0.3) is 0 Å². The molecule has 6 atom stereocenters. The molecule has 3 saturated heterocycles. The van der Waals surface area contributed by atoms with Gasteiger partial charge in [-0.3, -0.25) is 14.4 Å². The number of nitrogens with zero attached hydrogens (tertiary/aromatic N) is 3. The molecule has 0 radical (unpaired) electrons. The molecule has 7 nitrogen and oxygen atoms in total. The Morgan fingerprint density at radius 3 is 2.26 bits per heavy atom. The molecule has 0 saturated carbocycles. The van der Waals surface area contributed by atoms with Crippen LogP contribution in [0.1, 0.15) is 50.8 Å². The molecule has 43 heavy (non-hydrogen) atoms. The minimum absolute atomic E-state index is 0.0613. The highest BCUT2D eigenvalue weighted by molar-refractivity contribution is 8.02. The van der Waals surface area contributed by atoms with Crippen molar-refractivity contribution in [2.45, 2.75) is 67.8 Å². The molecule has 3 amide bonds. The Morgan fingerprint density at radius 1 is 1.05 bits per heavy atom. The molecule has 2 bridgehead atoms. The molecule has 228 valence electrons. The predicted molar refractivity (Wildman–Crippen MR) is 171 cm³/mol. The van der Waals surface area contributed by atoms with Crippen molar-refractivity contribution < 1.29 is 19.5 Å². The number of aliphatic hydroxyl groups excluding tert-OH is 1. The Balaban J connectivity index is 1.60. The highest BCUT2D eigenvalue weighted by Crippen LogP contribution is 2.67. The molecule has 2 aromatic carbocycles. The first-order chi connectivity index (χ1) is 20.6. The maximum absolute atomic E-state index is 14.8. The lowest BCUT2D eigenvalue weighted by Gasteiger charge is -2.43. The Morgan fingerprint density at radius 2 is 1.67 bits per heavy atom. The van der Waals surface area contributed by atoms with Crippen molar-refractivity contribution in [3.05, 3.63) is 97.1 Å². The van der Waals surface area contributed by atoms with Gasteiger partial charge in [0.15, 0.2) is 0 Å². The molecule has 3 aliphatic heterocycles. The third kappa shape index (κ3) is 5.44. The molecular formula is C35H43N3O4S. The topological polar surface area (TPSA) is 81.2 Å². The van der Waals surface area contributed by atoms with Crippen molar-refractivity contribution in [1.82, 2.24) is 14.7 Å². The number of thioether (sulfide) groups is 1. The molecule has 5 rings (SSSR count). The standard InChI is InChI=1S/C35H43N3O4S/c1-6-20-36(22-24-14-10-8-11-15-24)31(40)28-27-18-19-35(43-27)29(28)32(41)38(26(23-39)25-16-12-9-13-17-25)30(35)33(42)37(21-7-2)34(3,4)5/h6-17,26-30,39H,1-2,18-23H2,3-5H3/t26-,27+,28-,29+,30?,35?/m1/s1. The molecule has 1 spiro atoms. The SMILES string of the molecule is C=CCN(Cc1ccccc1)C(=O)[C@@H]1[C@@H]2CCC3(S2)C(C(=O)N(CC=C)C(C)(C)C)N([C@H](CO)c2ccccc2)C(=O)[C@H]13. The number of fused-ring (bicyclic) bond motifs is 1. The first kappa shape index (κ1) is 31.1. The molecule has 2 aromatic rings. The van der Waals surface area contributed by atoms with E-state index in [0.29, 0.717) is 26.1 Å². The lowest BCUT2D eigenvalue weighted by molar-refractivity contribution is -0.149. The van der Waals surface area contributed by atoms with Crippen molar-refractivity contribution in [3.63, 3.8) is 0 Å². The van der Waals surface area contributed by atoms with E-state index in [-0.39, 0.29) is 29.6 Å². The molecule has 3 fully saturated rings. The number of hydrogen-bond donors (Lipinski definition) is 1. The largest absolute Gasteiger partial charge is 0.394 e. The fourth-order valence-corrected chi connectivity index (χ4v) is 9.58. The van der Waals surface area contributed by atoms with Crippen LogP contribution in [0.4, 0.5) is 0 Å². The Labute approximate surface area is 259 Å². The van der Waals surface area contributed by atoms with Gasteiger partial charge in [0.2, 0.25) is 17.7 Å². The second kappa shape index (κ2) is 12.3. The van der Waals surface area contributed by atoms with Crippen LogP contribution in [-0.4, -0.2) is 78.8 Å². The lowest BCUT2D eigenvalue weighted by Crippen LogP contribution is -2.59. The van der Waals surface area contributed by atoms with Crippen molar-refractivity contribution in [1.29, 1.82) is 0 Å². The first-order valence-electron chi connectivity index (χ1n) is 15.1. The molecule has 2 unspecified atom stereocenters. The van der Waals surface area contributed by atoms with Gasteiger partial charge in [-0.25, -0.2) is 0 Å². The van der Waals surface area contributed by atoms with Gasteiger partial charge in [-0.05, 0) is 44.7 Å². The van der Waals surface area contributed by atoms with Crippen molar-refractivity contribution in [3.8, 4) is 0 Å². The van der Waals surface area contributed by atoms with Crippen molar-refractivity contribution >= 4 is 29.5 Å². The van der Waals surface area contributed by atoms with E-state index in [9.17, 15) is 19.5 Å². The predicted octanol–water partition coefficient (Wildman–Crippen LogP) is 4.84. The summed E-state index contributed by atoms with van der Waals surface area (Å²) in [5.74, 6) is -1.68. The van der Waals surface area contributed by atoms with Crippen LogP contribution < -0.4 is 0 Å². The average Bonchev–Trinajstić information content (AvgIpc) is 3.64. The third-order valence-electron chi connectivity index (χ3n) is 9.22. The van der Waals surface area contributed by atoms with Gasteiger partial charge in [0, 0.05) is 30.4 Å². The second-order valence-electron chi connectivity index (χ2n) is 12.8. The summed E-state index contributed by atoms with van der Waals surface area (Å²) in [6.07, 6.45) is 4.85. The van der Waals surface area contributed by atoms with Gasteiger partial charge < -0.3 is 19.8 Å².